The first-order chi connectivity index (χ1) is 10.6. The van der Waals surface area contributed by atoms with Gasteiger partial charge in [-0.1, -0.05) is 0 Å². The van der Waals surface area contributed by atoms with Crippen LogP contribution in [0.2, 0.25) is 0 Å². The molecule has 4 N–H and O–H groups in total. The zero-order chi connectivity index (χ0) is 15.8. The molecule has 0 aliphatic carbocycles. The van der Waals surface area contributed by atoms with Crippen LogP contribution < -0.4 is 21.1 Å². The molecule has 0 spiro atoms. The zero-order valence-electron chi connectivity index (χ0n) is 13.0. The molecule has 0 aromatic heterocycles. The van der Waals surface area contributed by atoms with Gasteiger partial charge in [-0.2, -0.15) is 0 Å². The van der Waals surface area contributed by atoms with Crippen molar-refractivity contribution in [3.05, 3.63) is 29.8 Å². The van der Waals surface area contributed by atoms with Gasteiger partial charge in [0.1, 0.15) is 5.75 Å². The van der Waals surface area contributed by atoms with Gasteiger partial charge in [-0.15, -0.1) is 12.4 Å². The molecule has 7 heteroatoms. The highest BCUT2D eigenvalue weighted by Crippen LogP contribution is 2.14. The lowest BCUT2D eigenvalue weighted by molar-refractivity contribution is -0.119. The Hall–Kier alpha value is -1.79. The normalized spacial score (nSPS) is 17.0. The molecule has 6 nitrogen and oxygen atoms in total. The summed E-state index contributed by atoms with van der Waals surface area (Å²) in [7, 11) is 0. The number of nitrogens with two attached hydrogens (primary N) is 1. The fourth-order valence-corrected chi connectivity index (χ4v) is 2.52. The smallest absolute Gasteiger partial charge is 0.255 e. The highest BCUT2D eigenvalue weighted by atomic mass is 35.5. The summed E-state index contributed by atoms with van der Waals surface area (Å²) in [6.07, 6.45) is 3.44. The number of primary amides is 1. The Kier molecular flexibility index (Phi) is 8.43. The Labute approximate surface area is 142 Å². The molecule has 0 saturated carbocycles. The second-order valence-corrected chi connectivity index (χ2v) is 5.54. The van der Waals surface area contributed by atoms with E-state index in [0.29, 0.717) is 23.8 Å². The number of rotatable bonds is 7. The number of hydrogen-bond donors (Lipinski definition) is 3. The molecule has 1 aliphatic rings. The molecule has 2 rings (SSSR count). The lowest BCUT2D eigenvalue weighted by atomic mass is 9.96. The summed E-state index contributed by atoms with van der Waals surface area (Å²) in [5.74, 6) is 0.548. The average Bonchev–Trinajstić information content (AvgIpc) is 2.54. The Bertz CT molecular complexity index is 502. The molecular formula is C16H24ClN3O3. The van der Waals surface area contributed by atoms with Crippen LogP contribution in [0.3, 0.4) is 0 Å². The van der Waals surface area contributed by atoms with Crippen LogP contribution in [0.25, 0.3) is 0 Å². The van der Waals surface area contributed by atoms with E-state index in [2.05, 4.69) is 10.6 Å². The fraction of sp³-hybridized carbons (Fsp3) is 0.500. The average molecular weight is 342 g/mol. The van der Waals surface area contributed by atoms with Gasteiger partial charge >= 0.3 is 0 Å². The minimum absolute atomic E-state index is 0. The van der Waals surface area contributed by atoms with Crippen molar-refractivity contribution in [1.82, 2.24) is 10.6 Å². The van der Waals surface area contributed by atoms with E-state index in [1.165, 1.54) is 12.8 Å². The Morgan fingerprint density at radius 2 is 2.04 bits per heavy atom. The van der Waals surface area contributed by atoms with E-state index in [-0.39, 0.29) is 24.9 Å². The van der Waals surface area contributed by atoms with E-state index in [9.17, 15) is 9.59 Å². The lowest BCUT2D eigenvalue weighted by Crippen LogP contribution is -2.33. The topological polar surface area (TPSA) is 93.5 Å². The van der Waals surface area contributed by atoms with Crippen molar-refractivity contribution in [2.45, 2.75) is 19.3 Å². The third-order valence-corrected chi connectivity index (χ3v) is 3.73. The summed E-state index contributed by atoms with van der Waals surface area (Å²) in [6.45, 7) is 2.67. The summed E-state index contributed by atoms with van der Waals surface area (Å²) < 4.78 is 5.15. The van der Waals surface area contributed by atoms with E-state index < -0.39 is 5.91 Å². The van der Waals surface area contributed by atoms with Crippen molar-refractivity contribution in [1.29, 1.82) is 0 Å². The van der Waals surface area contributed by atoms with Gasteiger partial charge in [-0.05, 0) is 62.5 Å². The van der Waals surface area contributed by atoms with Crippen LogP contribution in [-0.4, -0.2) is 38.1 Å². The van der Waals surface area contributed by atoms with E-state index in [0.717, 1.165) is 19.5 Å². The number of amides is 2. The fourth-order valence-electron chi connectivity index (χ4n) is 2.52. The van der Waals surface area contributed by atoms with E-state index >= 15 is 0 Å². The number of carbonyl (C=O) groups excluding carboxylic acids is 2. The number of ether oxygens (including phenoxy) is 1. The standard InChI is InChI=1S/C16H23N3O3.ClH/c17-15(20)11-22-14-5-3-13(4-6-14)16(21)19-9-7-12-2-1-8-18-10-12;/h3-6,12,18H,1-2,7-11H2,(H2,17,20)(H,19,21);1H. The van der Waals surface area contributed by atoms with Gasteiger partial charge in [0.05, 0.1) is 0 Å². The molecule has 0 radical (unpaired) electrons. The van der Waals surface area contributed by atoms with E-state index in [1.54, 1.807) is 24.3 Å². The molecule has 23 heavy (non-hydrogen) atoms. The van der Waals surface area contributed by atoms with Crippen LogP contribution in [0.1, 0.15) is 29.6 Å². The molecule has 1 heterocycles. The van der Waals surface area contributed by atoms with Crippen molar-refractivity contribution in [3.63, 3.8) is 0 Å². The van der Waals surface area contributed by atoms with Crippen molar-refractivity contribution in [2.24, 2.45) is 11.7 Å². The summed E-state index contributed by atoms with van der Waals surface area (Å²) in [5, 5.41) is 6.31. The van der Waals surface area contributed by atoms with Crippen LogP contribution in [0, 0.1) is 5.92 Å². The van der Waals surface area contributed by atoms with Crippen molar-refractivity contribution in [3.8, 4) is 5.75 Å². The maximum atomic E-state index is 12.0. The molecule has 0 bridgehead atoms. The van der Waals surface area contributed by atoms with Gasteiger partial charge in [-0.3, -0.25) is 9.59 Å². The third-order valence-electron chi connectivity index (χ3n) is 3.73. The predicted octanol–water partition coefficient (Wildman–Crippen LogP) is 1.09. The van der Waals surface area contributed by atoms with Gasteiger partial charge < -0.3 is 21.1 Å². The molecule has 1 unspecified atom stereocenters. The van der Waals surface area contributed by atoms with E-state index in [4.69, 9.17) is 10.5 Å². The van der Waals surface area contributed by atoms with Crippen molar-refractivity contribution < 1.29 is 14.3 Å². The van der Waals surface area contributed by atoms with Crippen molar-refractivity contribution in [2.75, 3.05) is 26.2 Å². The van der Waals surface area contributed by atoms with Gasteiger partial charge in [0.25, 0.3) is 11.8 Å². The SMILES string of the molecule is Cl.NC(=O)COc1ccc(C(=O)NCCC2CCCNC2)cc1. The minimum Gasteiger partial charge on any atom is -0.484 e. The lowest BCUT2D eigenvalue weighted by Gasteiger charge is -2.22. The number of benzene rings is 1. The number of hydrogen-bond acceptors (Lipinski definition) is 4. The predicted molar refractivity (Wildman–Crippen MR) is 90.9 cm³/mol. The molecule has 128 valence electrons. The van der Waals surface area contributed by atoms with Crippen LogP contribution in [0.4, 0.5) is 0 Å². The summed E-state index contributed by atoms with van der Waals surface area (Å²) in [6, 6.07) is 6.66. The number of halogens is 1. The number of piperidine rings is 1. The van der Waals surface area contributed by atoms with Gasteiger partial charge in [0.15, 0.2) is 6.61 Å². The second-order valence-electron chi connectivity index (χ2n) is 5.54. The molecule has 1 aromatic rings. The Balaban J connectivity index is 0.00000264. The third kappa shape index (κ3) is 6.88. The van der Waals surface area contributed by atoms with Crippen molar-refractivity contribution >= 4 is 24.2 Å². The highest BCUT2D eigenvalue weighted by molar-refractivity contribution is 5.94. The summed E-state index contributed by atoms with van der Waals surface area (Å²) >= 11 is 0. The van der Waals surface area contributed by atoms with Crippen LogP contribution in [0.15, 0.2) is 24.3 Å². The quantitative estimate of drug-likeness (QED) is 0.692. The molecule has 1 atom stereocenters. The number of nitrogens with one attached hydrogen (secondary N) is 2. The second kappa shape index (κ2) is 10.1. The number of carbonyl (C=O) groups is 2. The molecule has 1 saturated heterocycles. The first-order valence-electron chi connectivity index (χ1n) is 7.65. The first-order valence-corrected chi connectivity index (χ1v) is 7.65. The maximum Gasteiger partial charge on any atom is 0.255 e. The van der Waals surface area contributed by atoms with Crippen LogP contribution >= 0.6 is 12.4 Å². The van der Waals surface area contributed by atoms with Gasteiger partial charge in [0, 0.05) is 12.1 Å². The summed E-state index contributed by atoms with van der Waals surface area (Å²) in [4.78, 5) is 22.6. The molecule has 2 amide bonds. The zero-order valence-corrected chi connectivity index (χ0v) is 13.9. The van der Waals surface area contributed by atoms with Gasteiger partial charge in [-0.25, -0.2) is 0 Å². The molecular weight excluding hydrogens is 318 g/mol. The highest BCUT2D eigenvalue weighted by Gasteiger charge is 2.13. The summed E-state index contributed by atoms with van der Waals surface area (Å²) in [5.41, 5.74) is 5.58. The molecule has 1 fully saturated rings. The molecule has 1 aromatic carbocycles. The Morgan fingerprint density at radius 1 is 1.30 bits per heavy atom. The van der Waals surface area contributed by atoms with E-state index in [1.807, 2.05) is 0 Å². The Morgan fingerprint density at radius 3 is 2.65 bits per heavy atom. The largest absolute Gasteiger partial charge is 0.484 e. The van der Waals surface area contributed by atoms with Crippen LogP contribution in [-0.2, 0) is 4.79 Å². The minimum atomic E-state index is -0.529. The van der Waals surface area contributed by atoms with Crippen LogP contribution in [0.5, 0.6) is 5.75 Å². The maximum absolute atomic E-state index is 12.0. The van der Waals surface area contributed by atoms with Gasteiger partial charge in [0.2, 0.25) is 0 Å². The molecule has 1 aliphatic heterocycles. The monoisotopic (exact) mass is 341 g/mol. The first kappa shape index (κ1) is 19.3.